The Balaban J connectivity index is 0.996. The zero-order valence-electron chi connectivity index (χ0n) is 31.8. The second-order valence-corrected chi connectivity index (χ2v) is 16.2. The molecule has 272 valence electrons. The second kappa shape index (κ2) is 13.9. The summed E-state index contributed by atoms with van der Waals surface area (Å²) >= 11 is 0. The largest absolute Gasteiger partial charge is 0.357 e. The van der Waals surface area contributed by atoms with Crippen molar-refractivity contribution < 1.29 is 0 Å². The fourth-order valence-corrected chi connectivity index (χ4v) is 10.2. The van der Waals surface area contributed by atoms with Crippen LogP contribution in [0.25, 0.3) is 50.5 Å². The van der Waals surface area contributed by atoms with Gasteiger partial charge in [0.25, 0.3) is 0 Å². The summed E-state index contributed by atoms with van der Waals surface area (Å²) < 4.78 is 2.51. The van der Waals surface area contributed by atoms with Crippen LogP contribution in [-0.2, 0) is 6.42 Å². The average molecular weight is 723 g/mol. The van der Waals surface area contributed by atoms with Crippen molar-refractivity contribution in [3.05, 3.63) is 204 Å². The van der Waals surface area contributed by atoms with Crippen molar-refractivity contribution in [1.82, 2.24) is 4.57 Å². The number of hydrogen-bond donors (Lipinski definition) is 0. The van der Waals surface area contributed by atoms with Gasteiger partial charge in [-0.1, -0.05) is 152 Å². The molecule has 1 aliphatic heterocycles. The number of benzene rings is 5. The molecule has 11 rings (SSSR count). The maximum Gasteiger partial charge on any atom is 0.0586 e. The minimum atomic E-state index is 0.266. The molecule has 0 N–H and O–H groups in total. The Morgan fingerprint density at radius 2 is 1.38 bits per heavy atom. The Hall–Kier alpha value is -6.12. The van der Waals surface area contributed by atoms with Gasteiger partial charge < -0.3 is 9.47 Å². The van der Waals surface area contributed by atoms with Crippen LogP contribution in [0.4, 0.5) is 5.69 Å². The van der Waals surface area contributed by atoms with E-state index in [1.807, 2.05) is 0 Å². The zero-order valence-corrected chi connectivity index (χ0v) is 31.8. The number of fused-ring (bicyclic) bond motifs is 6. The maximum atomic E-state index is 2.77. The van der Waals surface area contributed by atoms with Crippen molar-refractivity contribution in [3.63, 3.8) is 0 Å². The molecule has 0 bridgehead atoms. The molecule has 0 radical (unpaired) electrons. The number of aromatic nitrogens is 1. The minimum absolute atomic E-state index is 0.266. The van der Waals surface area contributed by atoms with E-state index in [1.165, 1.54) is 97.3 Å². The molecule has 0 saturated carbocycles. The van der Waals surface area contributed by atoms with Gasteiger partial charge in [-0.15, -0.1) is 0 Å². The van der Waals surface area contributed by atoms with Crippen LogP contribution in [0.1, 0.15) is 60.4 Å². The second-order valence-electron chi connectivity index (χ2n) is 16.2. The molecule has 4 aliphatic carbocycles. The normalized spacial score (nSPS) is 22.1. The van der Waals surface area contributed by atoms with E-state index in [-0.39, 0.29) is 6.04 Å². The number of hydrogen-bond acceptors (Lipinski definition) is 1. The Bertz CT molecular complexity index is 2640. The van der Waals surface area contributed by atoms with Crippen LogP contribution in [0, 0.1) is 5.92 Å². The Labute approximate surface area is 330 Å². The van der Waals surface area contributed by atoms with Gasteiger partial charge in [0.15, 0.2) is 0 Å². The highest BCUT2D eigenvalue weighted by molar-refractivity contribution is 5.96. The lowest BCUT2D eigenvalue weighted by molar-refractivity contribution is 0.586. The van der Waals surface area contributed by atoms with Gasteiger partial charge in [0.2, 0.25) is 0 Å². The van der Waals surface area contributed by atoms with E-state index in [0.717, 1.165) is 19.3 Å². The molecule has 56 heavy (non-hydrogen) atoms. The molecule has 0 spiro atoms. The van der Waals surface area contributed by atoms with Crippen molar-refractivity contribution in [2.75, 3.05) is 4.90 Å². The molecule has 5 aromatic carbocycles. The Morgan fingerprint density at radius 1 is 0.625 bits per heavy atom. The van der Waals surface area contributed by atoms with Gasteiger partial charge in [-0.05, 0) is 113 Å². The molecule has 2 heterocycles. The molecule has 4 atom stereocenters. The molecule has 1 aromatic heterocycles. The molecule has 0 amide bonds. The third-order valence-corrected chi connectivity index (χ3v) is 12.9. The van der Waals surface area contributed by atoms with Gasteiger partial charge in [0.05, 0.1) is 17.6 Å². The molecule has 0 saturated heterocycles. The zero-order chi connectivity index (χ0) is 37.0. The Kier molecular flexibility index (Phi) is 8.23. The van der Waals surface area contributed by atoms with E-state index in [1.54, 1.807) is 0 Å². The third kappa shape index (κ3) is 5.70. The summed E-state index contributed by atoms with van der Waals surface area (Å²) in [6, 6.07) is 45.9. The quantitative estimate of drug-likeness (QED) is 0.155. The summed E-state index contributed by atoms with van der Waals surface area (Å²) in [6.45, 7) is 0. The van der Waals surface area contributed by atoms with Crippen LogP contribution >= 0.6 is 0 Å². The van der Waals surface area contributed by atoms with E-state index in [4.69, 9.17) is 0 Å². The van der Waals surface area contributed by atoms with Crippen molar-refractivity contribution in [2.45, 2.75) is 56.5 Å². The summed E-state index contributed by atoms with van der Waals surface area (Å²) in [5.74, 6) is 0.834. The van der Waals surface area contributed by atoms with Gasteiger partial charge in [0.1, 0.15) is 0 Å². The maximum absolute atomic E-state index is 2.77. The van der Waals surface area contributed by atoms with Crippen LogP contribution in [0.5, 0.6) is 0 Å². The van der Waals surface area contributed by atoms with Crippen LogP contribution in [-0.4, -0.2) is 16.7 Å². The van der Waals surface area contributed by atoms with E-state index in [0.29, 0.717) is 17.9 Å². The van der Waals surface area contributed by atoms with Crippen LogP contribution in [0.2, 0.25) is 0 Å². The minimum Gasteiger partial charge on any atom is -0.357 e. The highest BCUT2D eigenvalue weighted by Gasteiger charge is 2.41. The van der Waals surface area contributed by atoms with E-state index < -0.39 is 0 Å². The van der Waals surface area contributed by atoms with Crippen LogP contribution in [0.15, 0.2) is 182 Å². The molecular weight excluding hydrogens is 677 g/mol. The fraction of sp³-hybridized carbons (Fsp3) is 0.185. The SMILES string of the molecule is C1=CC2c3ccc(-c4ccc5c(c4)c4c(n5-c5ccc(-c6ccccc6)cc5)CCC=C4)cc3N(C3C=C(C4C=CCCC4)C=C(c4ccccc4)C3)C2C=C1. The van der Waals surface area contributed by atoms with Gasteiger partial charge in [-0.3, -0.25) is 0 Å². The number of nitrogens with zero attached hydrogens (tertiary/aromatic N) is 2. The highest BCUT2D eigenvalue weighted by Crippen LogP contribution is 2.49. The van der Waals surface area contributed by atoms with Gasteiger partial charge in [0, 0.05) is 39.9 Å². The van der Waals surface area contributed by atoms with Gasteiger partial charge >= 0.3 is 0 Å². The summed E-state index contributed by atoms with van der Waals surface area (Å²) in [5.41, 5.74) is 17.4. The monoisotopic (exact) mass is 722 g/mol. The van der Waals surface area contributed by atoms with Crippen molar-refractivity contribution in [3.8, 4) is 27.9 Å². The predicted octanol–water partition coefficient (Wildman–Crippen LogP) is 13.5. The first kappa shape index (κ1) is 33.2. The van der Waals surface area contributed by atoms with Crippen molar-refractivity contribution in [2.24, 2.45) is 5.92 Å². The summed E-state index contributed by atoms with van der Waals surface area (Å²) in [7, 11) is 0. The highest BCUT2D eigenvalue weighted by atomic mass is 15.2. The van der Waals surface area contributed by atoms with Crippen molar-refractivity contribution in [1.29, 1.82) is 0 Å². The van der Waals surface area contributed by atoms with Crippen LogP contribution < -0.4 is 4.90 Å². The van der Waals surface area contributed by atoms with Crippen LogP contribution in [0.3, 0.4) is 0 Å². The molecule has 0 fully saturated rings. The smallest absolute Gasteiger partial charge is 0.0586 e. The molecule has 2 nitrogen and oxygen atoms in total. The average Bonchev–Trinajstić information content (AvgIpc) is 3.79. The van der Waals surface area contributed by atoms with E-state index in [2.05, 4.69) is 192 Å². The summed E-state index contributed by atoms with van der Waals surface area (Å²) in [4.78, 5) is 2.77. The molecule has 2 heteroatoms. The number of anilines is 1. The molecular formula is C54H46N2. The first-order chi connectivity index (χ1) is 27.8. The predicted molar refractivity (Wildman–Crippen MR) is 236 cm³/mol. The molecule has 6 aromatic rings. The molecule has 4 unspecified atom stereocenters. The standard InChI is InChI=1S/C54H46N2/c1-4-14-37(15-5-1)40-24-28-45(29-25-40)55-52-23-13-11-21-48(52)50-35-41(27-31-53(50)55)42-26-30-49-47-20-10-12-22-51(47)56(54(49)36-42)46-33-43(38-16-6-2-7-17-38)32-44(34-46)39-18-8-3-9-19-39/h1-2,4-8,10-12,14-18,20-22,24-32,34-36,39,46-47,51H,3,9,13,19,23,33H2. The number of rotatable bonds is 6. The Morgan fingerprint density at radius 3 is 2.20 bits per heavy atom. The van der Waals surface area contributed by atoms with Gasteiger partial charge in [-0.2, -0.15) is 0 Å². The topological polar surface area (TPSA) is 8.17 Å². The lowest BCUT2D eigenvalue weighted by atomic mass is 9.81. The van der Waals surface area contributed by atoms with Gasteiger partial charge in [-0.25, -0.2) is 0 Å². The fourth-order valence-electron chi connectivity index (χ4n) is 10.2. The first-order valence-corrected chi connectivity index (χ1v) is 20.7. The van der Waals surface area contributed by atoms with E-state index >= 15 is 0 Å². The number of allylic oxidation sites excluding steroid dienone is 7. The first-order valence-electron chi connectivity index (χ1n) is 20.7. The van der Waals surface area contributed by atoms with E-state index in [9.17, 15) is 0 Å². The third-order valence-electron chi connectivity index (χ3n) is 12.9. The summed E-state index contributed by atoms with van der Waals surface area (Å²) in [5, 5.41) is 1.33. The van der Waals surface area contributed by atoms with Crippen molar-refractivity contribution >= 4 is 28.2 Å². The lowest BCUT2D eigenvalue weighted by Gasteiger charge is -2.38. The molecule has 5 aliphatic rings. The summed E-state index contributed by atoms with van der Waals surface area (Å²) in [6.07, 6.45) is 30.9. The lowest BCUT2D eigenvalue weighted by Crippen LogP contribution is -2.41.